The number of hydrogen-bond acceptors (Lipinski definition) is 2. The molecule has 0 saturated heterocycles. The van der Waals surface area contributed by atoms with Crippen LogP contribution in [0.1, 0.15) is 72.9 Å². The second kappa shape index (κ2) is 8.92. The molecule has 1 N–H and O–H groups in total. The first kappa shape index (κ1) is 25.7. The molecule has 0 fully saturated rings. The monoisotopic (exact) mass is 482 g/mol. The molecule has 1 aliphatic carbocycles. The van der Waals surface area contributed by atoms with Gasteiger partial charge in [0, 0.05) is 28.3 Å². The number of hydrogen-bond donors (Lipinski definition) is 1. The summed E-state index contributed by atoms with van der Waals surface area (Å²) in [6.45, 7) is 17.2. The molecule has 2 aliphatic heterocycles. The molecule has 0 atom stereocenters. The maximum atomic E-state index is 12.5. The number of para-hydroxylation sites is 2. The smallest absolute Gasteiger partial charge is 0.256 e. The van der Waals surface area contributed by atoms with Crippen LogP contribution < -0.4 is 5.32 Å². The third-order valence-electron chi connectivity index (χ3n) is 6.83. The van der Waals surface area contributed by atoms with Crippen molar-refractivity contribution in [3.63, 3.8) is 0 Å². The van der Waals surface area contributed by atoms with E-state index >= 15 is 0 Å². The fourth-order valence-corrected chi connectivity index (χ4v) is 6.13. The third kappa shape index (κ3) is 4.95. The molecule has 0 spiro atoms. The molecule has 0 aromatic heterocycles. The van der Waals surface area contributed by atoms with E-state index in [0.717, 1.165) is 50.5 Å². The first-order valence-corrected chi connectivity index (χ1v) is 12.7. The minimum atomic E-state index is -0.122. The lowest BCUT2D eigenvalue weighted by atomic mass is 9.65. The summed E-state index contributed by atoms with van der Waals surface area (Å²) in [6.07, 6.45) is 7.49. The lowest BCUT2D eigenvalue weighted by molar-refractivity contribution is -0.361. The standard InChI is InChI=1S/2C16H19NO/c1-15(2)9-12-11-7-5-6-8-13(11)17(18)14(12)16(3,4)10-15;1-11(2)9-16(3,4)10-13-12-7-5-6-8-14(12)17-15(13)18/h5-9H,10H2,1-4H3;5-10H,1-4H3,(H,17,18)/b;13-10-. The van der Waals surface area contributed by atoms with Gasteiger partial charge >= 0.3 is 0 Å². The SMILES string of the molecule is CC(C)=CC(C)(C)/C=C1\C(=O)Nc2ccccc21.CC1(C)C=C2C(=[N+]([O-])c3ccccc32)C(C)(C)C1. The van der Waals surface area contributed by atoms with Crippen molar-refractivity contribution in [2.24, 2.45) is 16.2 Å². The average Bonchev–Trinajstić information content (AvgIpc) is 3.20. The van der Waals surface area contributed by atoms with Crippen LogP contribution in [-0.2, 0) is 4.79 Å². The van der Waals surface area contributed by atoms with Crippen LogP contribution in [0.2, 0.25) is 0 Å². The van der Waals surface area contributed by atoms with Crippen LogP contribution in [0.3, 0.4) is 0 Å². The number of nitrogens with zero attached hydrogens (tertiary/aromatic N) is 1. The fraction of sp³-hybridized carbons (Fsp3) is 0.375. The van der Waals surface area contributed by atoms with Gasteiger partial charge in [-0.2, -0.15) is 4.74 Å². The zero-order chi connectivity index (χ0) is 26.5. The largest absolute Gasteiger partial charge is 0.618 e. The number of rotatable bonds is 2. The topological polar surface area (TPSA) is 55.2 Å². The van der Waals surface area contributed by atoms with E-state index in [0.29, 0.717) is 0 Å². The molecular formula is C32H38N2O2. The zero-order valence-corrected chi connectivity index (χ0v) is 22.8. The summed E-state index contributed by atoms with van der Waals surface area (Å²) in [5, 5.41) is 15.4. The Labute approximate surface area is 215 Å². The van der Waals surface area contributed by atoms with Crippen molar-refractivity contribution in [3.05, 3.63) is 88.7 Å². The van der Waals surface area contributed by atoms with Gasteiger partial charge in [0.15, 0.2) is 0 Å². The van der Waals surface area contributed by atoms with Crippen LogP contribution in [0, 0.1) is 21.5 Å². The molecule has 2 heterocycles. The summed E-state index contributed by atoms with van der Waals surface area (Å²) in [6, 6.07) is 15.7. The van der Waals surface area contributed by atoms with Crippen LogP contribution in [0.15, 0.2) is 72.3 Å². The van der Waals surface area contributed by atoms with Gasteiger partial charge in [0.05, 0.1) is 16.6 Å². The van der Waals surface area contributed by atoms with E-state index < -0.39 is 0 Å². The highest BCUT2D eigenvalue weighted by atomic mass is 16.5. The van der Waals surface area contributed by atoms with Gasteiger partial charge in [-0.1, -0.05) is 81.8 Å². The van der Waals surface area contributed by atoms with Crippen molar-refractivity contribution in [2.75, 3.05) is 5.32 Å². The van der Waals surface area contributed by atoms with Gasteiger partial charge in [0.1, 0.15) is 0 Å². The molecule has 0 saturated carbocycles. The minimum absolute atomic E-state index is 0.00793. The van der Waals surface area contributed by atoms with E-state index in [2.05, 4.69) is 78.9 Å². The summed E-state index contributed by atoms with van der Waals surface area (Å²) >= 11 is 0. The second-order valence-electron chi connectivity index (χ2n) is 12.4. The summed E-state index contributed by atoms with van der Waals surface area (Å²) in [5.41, 5.74) is 7.83. The van der Waals surface area contributed by atoms with Crippen molar-refractivity contribution in [3.8, 4) is 0 Å². The summed E-state index contributed by atoms with van der Waals surface area (Å²) < 4.78 is 1.14. The number of fused-ring (bicyclic) bond motifs is 4. The van der Waals surface area contributed by atoms with Gasteiger partial charge in [-0.3, -0.25) is 4.79 Å². The highest BCUT2D eigenvalue weighted by Crippen LogP contribution is 2.50. The van der Waals surface area contributed by atoms with Crippen LogP contribution >= 0.6 is 0 Å². The van der Waals surface area contributed by atoms with Crippen LogP contribution in [0.25, 0.3) is 11.1 Å². The molecule has 5 rings (SSSR count). The van der Waals surface area contributed by atoms with Crippen LogP contribution in [0.5, 0.6) is 0 Å². The Hall–Kier alpha value is -3.40. The van der Waals surface area contributed by atoms with Crippen molar-refractivity contribution < 1.29 is 9.53 Å². The molecular weight excluding hydrogens is 444 g/mol. The summed E-state index contributed by atoms with van der Waals surface area (Å²) in [4.78, 5) is 12.0. The highest BCUT2D eigenvalue weighted by Gasteiger charge is 2.48. The van der Waals surface area contributed by atoms with E-state index in [1.54, 1.807) is 0 Å². The molecule has 2 aromatic rings. The molecule has 1 amide bonds. The number of anilines is 1. The average molecular weight is 483 g/mol. The van der Waals surface area contributed by atoms with Gasteiger partial charge in [0.25, 0.3) is 5.91 Å². The fourth-order valence-electron chi connectivity index (χ4n) is 6.13. The molecule has 188 valence electrons. The Morgan fingerprint density at radius 3 is 2.28 bits per heavy atom. The van der Waals surface area contributed by atoms with Crippen LogP contribution in [-0.4, -0.2) is 16.4 Å². The quantitative estimate of drug-likeness (QED) is 0.203. The maximum absolute atomic E-state index is 12.5. The van der Waals surface area contributed by atoms with Crippen LogP contribution in [0.4, 0.5) is 11.4 Å². The summed E-state index contributed by atoms with van der Waals surface area (Å²) in [7, 11) is 0. The number of amides is 1. The zero-order valence-electron chi connectivity index (χ0n) is 22.8. The van der Waals surface area contributed by atoms with E-state index in [-0.39, 0.29) is 22.2 Å². The van der Waals surface area contributed by atoms with Crippen molar-refractivity contribution in [1.29, 1.82) is 0 Å². The molecule has 0 unspecified atom stereocenters. The Morgan fingerprint density at radius 1 is 1.00 bits per heavy atom. The van der Waals surface area contributed by atoms with Gasteiger partial charge < -0.3 is 10.5 Å². The molecule has 0 radical (unpaired) electrons. The van der Waals surface area contributed by atoms with Gasteiger partial charge in [-0.25, -0.2) is 0 Å². The van der Waals surface area contributed by atoms with Gasteiger partial charge in [0.2, 0.25) is 11.4 Å². The molecule has 4 nitrogen and oxygen atoms in total. The number of carbonyl (C=O) groups excluding carboxylic acids is 1. The normalized spacial score (nSPS) is 19.9. The molecule has 36 heavy (non-hydrogen) atoms. The van der Waals surface area contributed by atoms with Gasteiger partial charge in [-0.15, -0.1) is 0 Å². The van der Waals surface area contributed by atoms with Crippen molar-refractivity contribution in [1.82, 2.24) is 0 Å². The molecule has 4 heteroatoms. The maximum Gasteiger partial charge on any atom is 0.256 e. The van der Waals surface area contributed by atoms with E-state index in [4.69, 9.17) is 0 Å². The highest BCUT2D eigenvalue weighted by molar-refractivity contribution is 6.31. The third-order valence-corrected chi connectivity index (χ3v) is 6.83. The number of nitrogens with one attached hydrogen (secondary N) is 1. The van der Waals surface area contributed by atoms with Crippen molar-refractivity contribution in [2.45, 2.75) is 61.8 Å². The predicted octanol–water partition coefficient (Wildman–Crippen LogP) is 8.14. The van der Waals surface area contributed by atoms with Gasteiger partial charge in [-0.05, 0) is 51.7 Å². The Morgan fingerprint density at radius 2 is 1.61 bits per heavy atom. The molecule has 3 aliphatic rings. The Balaban J connectivity index is 0.000000169. The van der Waals surface area contributed by atoms with Crippen molar-refractivity contribution >= 4 is 34.1 Å². The first-order valence-electron chi connectivity index (χ1n) is 12.7. The lowest BCUT2D eigenvalue weighted by Crippen LogP contribution is -2.36. The Bertz CT molecular complexity index is 1350. The number of carbonyl (C=O) groups is 1. The van der Waals surface area contributed by atoms with E-state index in [1.165, 1.54) is 5.57 Å². The number of benzene rings is 2. The first-order chi connectivity index (χ1) is 16.7. The van der Waals surface area contributed by atoms with E-state index in [9.17, 15) is 10.0 Å². The predicted molar refractivity (Wildman–Crippen MR) is 151 cm³/mol. The molecule has 2 aromatic carbocycles. The molecule has 0 bridgehead atoms. The summed E-state index contributed by atoms with van der Waals surface area (Å²) in [5.74, 6) is -0.00793. The Kier molecular flexibility index (Phi) is 6.36. The lowest BCUT2D eigenvalue weighted by Gasteiger charge is -2.36. The number of allylic oxidation sites excluding steroid dienone is 5. The second-order valence-corrected chi connectivity index (χ2v) is 12.4. The minimum Gasteiger partial charge on any atom is -0.618 e. The van der Waals surface area contributed by atoms with E-state index in [1.807, 2.05) is 48.5 Å².